The minimum absolute atomic E-state index is 0.307. The Hall–Kier alpha value is -2.24. The van der Waals surface area contributed by atoms with Crippen molar-refractivity contribution in [2.75, 3.05) is 20.8 Å². The van der Waals surface area contributed by atoms with Gasteiger partial charge in [-0.25, -0.2) is 0 Å². The van der Waals surface area contributed by atoms with Crippen LogP contribution in [0.15, 0.2) is 42.7 Å². The summed E-state index contributed by atoms with van der Waals surface area (Å²) in [6.45, 7) is 1.64. The second kappa shape index (κ2) is 7.41. The van der Waals surface area contributed by atoms with Crippen LogP contribution >= 0.6 is 0 Å². The van der Waals surface area contributed by atoms with Crippen molar-refractivity contribution < 1.29 is 19.3 Å². The maximum atomic E-state index is 11.5. The molecule has 5 heteroatoms. The number of nitrogens with zero attached hydrogens (tertiary/aromatic N) is 1. The average Bonchev–Trinajstić information content (AvgIpc) is 3.21. The Morgan fingerprint density at radius 3 is 2.67 bits per heavy atom. The molecule has 1 aromatic heterocycles. The first-order valence-corrected chi connectivity index (χ1v) is 9.58. The highest BCUT2D eigenvalue weighted by Crippen LogP contribution is 2.48. The molecular weight excluding hydrogens is 342 g/mol. The van der Waals surface area contributed by atoms with E-state index in [0.717, 1.165) is 36.9 Å². The van der Waals surface area contributed by atoms with E-state index in [4.69, 9.17) is 14.2 Å². The number of hydrogen-bond donors (Lipinski definition) is 1. The van der Waals surface area contributed by atoms with Crippen LogP contribution in [0.25, 0.3) is 5.57 Å². The number of aromatic nitrogens is 1. The zero-order valence-corrected chi connectivity index (χ0v) is 16.0. The van der Waals surface area contributed by atoms with Crippen LogP contribution in [-0.2, 0) is 16.9 Å². The maximum absolute atomic E-state index is 11.5. The van der Waals surface area contributed by atoms with Crippen molar-refractivity contribution in [1.82, 2.24) is 4.57 Å². The van der Waals surface area contributed by atoms with Gasteiger partial charge in [-0.05, 0) is 72.7 Å². The molecule has 1 saturated heterocycles. The molecule has 0 bridgehead atoms. The molecule has 2 atom stereocenters. The molecule has 144 valence electrons. The predicted octanol–water partition coefficient (Wildman–Crippen LogP) is 3.75. The molecule has 2 aliphatic rings. The lowest BCUT2D eigenvalue weighted by Crippen LogP contribution is -2.46. The van der Waals surface area contributed by atoms with E-state index in [9.17, 15) is 5.11 Å². The first-order valence-electron chi connectivity index (χ1n) is 9.58. The topological polar surface area (TPSA) is 52.9 Å². The smallest absolute Gasteiger partial charge is 0.161 e. The van der Waals surface area contributed by atoms with Gasteiger partial charge in [0.15, 0.2) is 11.5 Å². The zero-order valence-electron chi connectivity index (χ0n) is 16.0. The maximum Gasteiger partial charge on any atom is 0.161 e. The summed E-state index contributed by atoms with van der Waals surface area (Å²) < 4.78 is 19.1. The Kier molecular flexibility index (Phi) is 4.98. The lowest BCUT2D eigenvalue weighted by Gasteiger charge is -2.43. The van der Waals surface area contributed by atoms with E-state index >= 15 is 0 Å². The van der Waals surface area contributed by atoms with Crippen LogP contribution in [-0.4, -0.2) is 36.6 Å². The van der Waals surface area contributed by atoms with Crippen molar-refractivity contribution in [3.63, 3.8) is 0 Å². The summed E-state index contributed by atoms with van der Waals surface area (Å²) in [6.07, 6.45) is 9.43. The quantitative estimate of drug-likeness (QED) is 0.843. The Morgan fingerprint density at radius 1 is 1.19 bits per heavy atom. The van der Waals surface area contributed by atoms with Crippen molar-refractivity contribution in [2.24, 2.45) is 0 Å². The highest BCUT2D eigenvalue weighted by Gasteiger charge is 2.45. The molecule has 1 N–H and O–H groups in total. The van der Waals surface area contributed by atoms with Crippen molar-refractivity contribution in [2.45, 2.75) is 43.9 Å². The summed E-state index contributed by atoms with van der Waals surface area (Å²) in [5.41, 5.74) is 2.14. The van der Waals surface area contributed by atoms with Gasteiger partial charge in [0.25, 0.3) is 0 Å². The van der Waals surface area contributed by atoms with Gasteiger partial charge in [0.05, 0.1) is 14.2 Å². The van der Waals surface area contributed by atoms with Crippen LogP contribution in [0, 0.1) is 0 Å². The van der Waals surface area contributed by atoms with Crippen LogP contribution < -0.4 is 9.47 Å². The molecule has 0 unspecified atom stereocenters. The molecule has 0 spiro atoms. The number of methoxy groups -OCH3 is 2. The molecule has 0 radical (unpaired) electrons. The Labute approximate surface area is 160 Å². The van der Waals surface area contributed by atoms with E-state index in [1.807, 2.05) is 24.3 Å². The number of allylic oxidation sites excluding steroid dienone is 1. The molecule has 1 fully saturated rings. The van der Waals surface area contributed by atoms with Gasteiger partial charge in [-0.15, -0.1) is 0 Å². The van der Waals surface area contributed by atoms with Gasteiger partial charge in [-0.3, -0.25) is 0 Å². The van der Waals surface area contributed by atoms with E-state index < -0.39 is 5.60 Å². The molecular formula is C22H27NO4. The number of fused-ring (bicyclic) bond motifs is 3. The van der Waals surface area contributed by atoms with Crippen LogP contribution in [0.1, 0.15) is 36.8 Å². The number of aryl methyl sites for hydroxylation is 1. The normalized spacial score (nSPS) is 24.0. The largest absolute Gasteiger partial charge is 0.493 e. The molecule has 5 nitrogen and oxygen atoms in total. The molecule has 27 heavy (non-hydrogen) atoms. The first-order chi connectivity index (χ1) is 13.2. The Bertz CT molecular complexity index is 827. The predicted molar refractivity (Wildman–Crippen MR) is 104 cm³/mol. The third-order valence-electron chi connectivity index (χ3n) is 5.69. The molecule has 1 aliphatic carbocycles. The highest BCUT2D eigenvalue weighted by atomic mass is 16.5. The summed E-state index contributed by atoms with van der Waals surface area (Å²) >= 11 is 0. The van der Waals surface area contributed by atoms with Gasteiger partial charge < -0.3 is 23.9 Å². The Morgan fingerprint density at radius 2 is 1.93 bits per heavy atom. The van der Waals surface area contributed by atoms with E-state index in [2.05, 4.69) is 23.0 Å². The molecule has 0 saturated carbocycles. The summed E-state index contributed by atoms with van der Waals surface area (Å²) in [5.74, 6) is 1.33. The van der Waals surface area contributed by atoms with Crippen molar-refractivity contribution >= 4 is 5.57 Å². The second-order valence-electron chi connectivity index (χ2n) is 7.29. The van der Waals surface area contributed by atoms with Crippen LogP contribution in [0.2, 0.25) is 0 Å². The minimum Gasteiger partial charge on any atom is -0.493 e. The van der Waals surface area contributed by atoms with E-state index in [0.29, 0.717) is 24.5 Å². The fourth-order valence-electron chi connectivity index (χ4n) is 4.27. The molecule has 4 rings (SSSR count). The highest BCUT2D eigenvalue weighted by molar-refractivity contribution is 5.75. The van der Waals surface area contributed by atoms with Crippen LogP contribution in [0.4, 0.5) is 0 Å². The standard InChI is InChI=1S/C22H27NO4/c1-25-19-14-17-16(7-5-11-23-9-3-4-10-23)13-21-22(24,8-6-12-27-21)18(17)15-20(19)26-2/h3-4,9-10,13-15,21,24H,5-8,11-12H2,1-2H3/t21-,22-/m0/s1. The lowest BCUT2D eigenvalue weighted by atomic mass is 9.73. The average molecular weight is 369 g/mol. The second-order valence-corrected chi connectivity index (χ2v) is 7.29. The van der Waals surface area contributed by atoms with Crippen molar-refractivity contribution in [3.8, 4) is 11.5 Å². The SMILES string of the molecule is COc1cc2c(cc1OC)[C@@]1(O)CCCO[C@H]1C=C2CCCn1cccc1. The fraction of sp³-hybridized carbons (Fsp3) is 0.455. The van der Waals surface area contributed by atoms with Crippen LogP contribution in [0.3, 0.4) is 0 Å². The van der Waals surface area contributed by atoms with Gasteiger partial charge in [-0.1, -0.05) is 0 Å². The van der Waals surface area contributed by atoms with Crippen molar-refractivity contribution in [3.05, 3.63) is 53.9 Å². The summed E-state index contributed by atoms with van der Waals surface area (Å²) in [7, 11) is 3.27. The Balaban J connectivity index is 1.69. The molecule has 0 amide bonds. The number of rotatable bonds is 6. The third kappa shape index (κ3) is 3.26. The molecule has 2 heterocycles. The fourth-order valence-corrected chi connectivity index (χ4v) is 4.27. The molecule has 1 aromatic carbocycles. The van der Waals surface area contributed by atoms with Gasteiger partial charge in [0.2, 0.25) is 0 Å². The monoisotopic (exact) mass is 369 g/mol. The van der Waals surface area contributed by atoms with Crippen LogP contribution in [0.5, 0.6) is 11.5 Å². The molecule has 1 aliphatic heterocycles. The van der Waals surface area contributed by atoms with Gasteiger partial charge >= 0.3 is 0 Å². The van der Waals surface area contributed by atoms with Gasteiger partial charge in [0.1, 0.15) is 11.7 Å². The van der Waals surface area contributed by atoms with Crippen molar-refractivity contribution in [1.29, 1.82) is 0 Å². The number of aliphatic hydroxyl groups is 1. The zero-order chi connectivity index (χ0) is 18.9. The minimum atomic E-state index is -1.00. The number of hydrogen-bond acceptors (Lipinski definition) is 4. The third-order valence-corrected chi connectivity index (χ3v) is 5.69. The summed E-state index contributed by atoms with van der Waals surface area (Å²) in [4.78, 5) is 0. The van der Waals surface area contributed by atoms with Gasteiger partial charge in [-0.2, -0.15) is 0 Å². The summed E-state index contributed by atoms with van der Waals surface area (Å²) in [6, 6.07) is 8.01. The van der Waals surface area contributed by atoms with E-state index in [1.54, 1.807) is 14.2 Å². The van der Waals surface area contributed by atoms with E-state index in [1.165, 1.54) is 5.57 Å². The lowest BCUT2D eigenvalue weighted by molar-refractivity contribution is -0.130. The summed E-state index contributed by atoms with van der Waals surface area (Å²) in [5, 5.41) is 11.5. The number of benzene rings is 1. The number of ether oxygens (including phenoxy) is 3. The molecule has 2 aromatic rings. The van der Waals surface area contributed by atoms with E-state index in [-0.39, 0.29) is 6.10 Å². The van der Waals surface area contributed by atoms with Gasteiger partial charge in [0, 0.05) is 25.5 Å². The first kappa shape index (κ1) is 18.1.